The van der Waals surface area contributed by atoms with Crippen LogP contribution in [0.5, 0.6) is 23.0 Å². The van der Waals surface area contributed by atoms with Crippen molar-refractivity contribution in [1.82, 2.24) is 4.57 Å². The fourth-order valence-electron chi connectivity index (χ4n) is 7.54. The molecule has 240 valence electrons. The van der Waals surface area contributed by atoms with E-state index < -0.39 is 0 Å². The smallest absolute Gasteiger partial charge is 0.136 e. The molecule has 0 saturated heterocycles. The molecule has 2 heterocycles. The summed E-state index contributed by atoms with van der Waals surface area (Å²) in [7, 11) is 0. The molecule has 9 aromatic rings. The van der Waals surface area contributed by atoms with E-state index in [-0.39, 0.29) is 0 Å². The van der Waals surface area contributed by atoms with E-state index in [0.717, 1.165) is 78.7 Å². The second-order valence-electron chi connectivity index (χ2n) is 12.9. The maximum Gasteiger partial charge on any atom is 0.136 e. The predicted molar refractivity (Wildman–Crippen MR) is 209 cm³/mol. The molecule has 10 rings (SSSR count). The van der Waals surface area contributed by atoms with Gasteiger partial charge in [0.05, 0.1) is 11.0 Å². The lowest BCUT2D eigenvalue weighted by Crippen LogP contribution is -1.99. The largest absolute Gasteiger partial charge is 0.456 e. The van der Waals surface area contributed by atoms with Crippen molar-refractivity contribution in [3.8, 4) is 73.2 Å². The molecule has 8 aromatic carbocycles. The molecule has 0 atom stereocenters. The minimum Gasteiger partial charge on any atom is -0.456 e. The Bertz CT molecular complexity index is 2740. The van der Waals surface area contributed by atoms with E-state index in [4.69, 9.17) is 9.47 Å². The molecule has 0 unspecified atom stereocenters. The first kappa shape index (κ1) is 29.1. The normalized spacial score (nSPS) is 11.8. The summed E-state index contributed by atoms with van der Waals surface area (Å²) in [4.78, 5) is 0. The van der Waals surface area contributed by atoms with Crippen LogP contribution in [0.2, 0.25) is 0 Å². The first-order valence-electron chi connectivity index (χ1n) is 17.3. The van der Waals surface area contributed by atoms with E-state index >= 15 is 0 Å². The molecule has 1 aliphatic rings. The van der Waals surface area contributed by atoms with E-state index in [0.29, 0.717) is 0 Å². The van der Waals surface area contributed by atoms with Crippen molar-refractivity contribution >= 4 is 21.8 Å². The van der Waals surface area contributed by atoms with E-state index in [1.54, 1.807) is 0 Å². The van der Waals surface area contributed by atoms with Crippen LogP contribution in [0.15, 0.2) is 188 Å². The van der Waals surface area contributed by atoms with Crippen LogP contribution in [-0.4, -0.2) is 4.57 Å². The number of fused-ring (bicyclic) bond motifs is 9. The number of rotatable bonds is 3. The molecular formula is C48H31NO2. The van der Waals surface area contributed by atoms with Crippen molar-refractivity contribution in [2.75, 3.05) is 0 Å². The molecule has 0 saturated carbocycles. The van der Waals surface area contributed by atoms with Gasteiger partial charge in [-0.25, -0.2) is 0 Å². The summed E-state index contributed by atoms with van der Waals surface area (Å²) < 4.78 is 16.2. The van der Waals surface area contributed by atoms with Crippen LogP contribution < -0.4 is 9.47 Å². The number of para-hydroxylation sites is 4. The zero-order valence-electron chi connectivity index (χ0n) is 27.7. The summed E-state index contributed by atoms with van der Waals surface area (Å²) in [5, 5.41) is 2.46. The summed E-state index contributed by atoms with van der Waals surface area (Å²) in [6.07, 6.45) is 0. The van der Waals surface area contributed by atoms with Crippen molar-refractivity contribution < 1.29 is 9.47 Å². The van der Waals surface area contributed by atoms with Gasteiger partial charge >= 0.3 is 0 Å². The number of benzene rings is 8. The van der Waals surface area contributed by atoms with Gasteiger partial charge in [0, 0.05) is 38.7 Å². The number of hydrogen-bond donors (Lipinski definition) is 0. The SMILES string of the molecule is c1ccc(-c2cccc3c2-c2cc(-c4ccc5c6ccccc6n(-c6ccccc6)c5c4)ccc2Oc2ccccc2-c2ccccc2O3)cc1. The van der Waals surface area contributed by atoms with Crippen molar-refractivity contribution in [3.05, 3.63) is 188 Å². The van der Waals surface area contributed by atoms with Crippen molar-refractivity contribution in [2.24, 2.45) is 0 Å². The van der Waals surface area contributed by atoms with E-state index in [2.05, 4.69) is 156 Å². The third kappa shape index (κ3) is 4.90. The van der Waals surface area contributed by atoms with E-state index in [1.165, 1.54) is 16.3 Å². The molecular weight excluding hydrogens is 623 g/mol. The van der Waals surface area contributed by atoms with Gasteiger partial charge in [0.1, 0.15) is 23.0 Å². The van der Waals surface area contributed by atoms with Gasteiger partial charge in [-0.1, -0.05) is 133 Å². The first-order chi connectivity index (χ1) is 25.3. The lowest BCUT2D eigenvalue weighted by molar-refractivity contribution is 0.472. The van der Waals surface area contributed by atoms with Gasteiger partial charge in [-0.05, 0) is 76.9 Å². The number of aromatic nitrogens is 1. The molecule has 3 nitrogen and oxygen atoms in total. The van der Waals surface area contributed by atoms with E-state index in [1.807, 2.05) is 36.4 Å². The van der Waals surface area contributed by atoms with Crippen LogP contribution in [0, 0.1) is 0 Å². The third-order valence-corrected chi connectivity index (χ3v) is 9.89. The van der Waals surface area contributed by atoms with Crippen LogP contribution >= 0.6 is 0 Å². The maximum atomic E-state index is 6.94. The van der Waals surface area contributed by atoms with Gasteiger partial charge in [0.25, 0.3) is 0 Å². The average Bonchev–Trinajstić information content (AvgIpc) is 3.53. The monoisotopic (exact) mass is 653 g/mol. The Labute approximate surface area is 296 Å². The van der Waals surface area contributed by atoms with Gasteiger partial charge in [0.15, 0.2) is 0 Å². The average molecular weight is 654 g/mol. The number of hydrogen-bond acceptors (Lipinski definition) is 2. The highest BCUT2D eigenvalue weighted by atomic mass is 16.5. The van der Waals surface area contributed by atoms with Gasteiger partial charge in [-0.3, -0.25) is 0 Å². The van der Waals surface area contributed by atoms with Crippen LogP contribution in [0.25, 0.3) is 72.0 Å². The highest BCUT2D eigenvalue weighted by Gasteiger charge is 2.24. The summed E-state index contributed by atoms with van der Waals surface area (Å²) in [6.45, 7) is 0. The molecule has 0 spiro atoms. The fraction of sp³-hybridized carbons (Fsp3) is 0. The van der Waals surface area contributed by atoms with Crippen molar-refractivity contribution in [2.45, 2.75) is 0 Å². The zero-order valence-corrected chi connectivity index (χ0v) is 27.7. The Balaban J connectivity index is 1.23. The van der Waals surface area contributed by atoms with Gasteiger partial charge in [-0.2, -0.15) is 0 Å². The Hall–Kier alpha value is -6.84. The van der Waals surface area contributed by atoms with Gasteiger partial charge in [0.2, 0.25) is 0 Å². The highest BCUT2D eigenvalue weighted by Crippen LogP contribution is 2.50. The maximum absolute atomic E-state index is 6.94. The molecule has 0 fully saturated rings. The van der Waals surface area contributed by atoms with Crippen molar-refractivity contribution in [1.29, 1.82) is 0 Å². The quantitative estimate of drug-likeness (QED) is 0.189. The Morgan fingerprint density at radius 1 is 0.314 bits per heavy atom. The minimum absolute atomic E-state index is 0.762. The minimum atomic E-state index is 0.762. The Morgan fingerprint density at radius 2 is 0.863 bits per heavy atom. The fourth-order valence-corrected chi connectivity index (χ4v) is 7.54. The lowest BCUT2D eigenvalue weighted by atomic mass is 9.90. The standard InChI is InChI=1S/C48H31NO2/c1-3-14-32(15-4-1)36-21-13-25-47-48(36)41-30-33(27-29-46(41)50-44-23-11-8-19-39(44)40-20-9-12-24-45(40)51-47)34-26-28-38-37-18-7-10-22-42(37)49(43(38)31-34)35-16-5-2-6-17-35/h1-31H. The molecule has 3 heteroatoms. The lowest BCUT2D eigenvalue weighted by Gasteiger charge is -2.23. The summed E-state index contributed by atoms with van der Waals surface area (Å²) in [6, 6.07) is 65.8. The second-order valence-corrected chi connectivity index (χ2v) is 12.9. The molecule has 0 aliphatic carbocycles. The van der Waals surface area contributed by atoms with E-state index in [9.17, 15) is 0 Å². The topological polar surface area (TPSA) is 23.4 Å². The summed E-state index contributed by atoms with van der Waals surface area (Å²) in [5.41, 5.74) is 11.8. The van der Waals surface area contributed by atoms with Crippen LogP contribution in [0.4, 0.5) is 0 Å². The molecule has 1 aromatic heterocycles. The second kappa shape index (κ2) is 11.9. The molecule has 0 amide bonds. The highest BCUT2D eigenvalue weighted by molar-refractivity contribution is 6.10. The summed E-state index contributed by atoms with van der Waals surface area (Å²) >= 11 is 0. The van der Waals surface area contributed by atoms with Gasteiger partial charge in [-0.15, -0.1) is 0 Å². The van der Waals surface area contributed by atoms with Crippen LogP contribution in [-0.2, 0) is 0 Å². The van der Waals surface area contributed by atoms with Crippen molar-refractivity contribution in [3.63, 3.8) is 0 Å². The number of nitrogens with zero attached hydrogens (tertiary/aromatic N) is 1. The molecule has 0 bridgehead atoms. The zero-order chi connectivity index (χ0) is 33.7. The van der Waals surface area contributed by atoms with Gasteiger partial charge < -0.3 is 14.0 Å². The molecule has 51 heavy (non-hydrogen) atoms. The Kier molecular flexibility index (Phi) is 6.81. The third-order valence-electron chi connectivity index (χ3n) is 9.89. The van der Waals surface area contributed by atoms with Crippen LogP contribution in [0.1, 0.15) is 0 Å². The summed E-state index contributed by atoms with van der Waals surface area (Å²) in [5.74, 6) is 3.08. The first-order valence-corrected chi connectivity index (χ1v) is 17.3. The Morgan fingerprint density at radius 3 is 1.65 bits per heavy atom. The molecule has 0 radical (unpaired) electrons. The predicted octanol–water partition coefficient (Wildman–Crippen LogP) is 13.3. The number of ether oxygens (including phenoxy) is 2. The molecule has 1 aliphatic heterocycles. The van der Waals surface area contributed by atoms with Crippen LogP contribution in [0.3, 0.4) is 0 Å². The molecule has 0 N–H and O–H groups in total.